The van der Waals surface area contributed by atoms with Crippen molar-refractivity contribution in [1.82, 2.24) is 0 Å². The summed E-state index contributed by atoms with van der Waals surface area (Å²) in [5.41, 5.74) is 1.84. The zero-order chi connectivity index (χ0) is 14.8. The molecule has 0 aliphatic heterocycles. The number of rotatable bonds is 2. The lowest BCUT2D eigenvalue weighted by molar-refractivity contribution is -0.0941. The van der Waals surface area contributed by atoms with Gasteiger partial charge in [0.15, 0.2) is 0 Å². The van der Waals surface area contributed by atoms with Gasteiger partial charge in [-0.3, -0.25) is 0 Å². The predicted molar refractivity (Wildman–Crippen MR) is 83.3 cm³/mol. The van der Waals surface area contributed by atoms with Crippen LogP contribution in [-0.4, -0.2) is 5.11 Å². The number of aliphatic hydroxyl groups is 1. The zero-order valence-corrected chi connectivity index (χ0v) is 13.3. The molecule has 1 heteroatoms. The van der Waals surface area contributed by atoms with Gasteiger partial charge in [0.2, 0.25) is 0 Å². The average Bonchev–Trinajstić information content (AvgIpc) is 2.37. The number of benzene rings is 1. The third kappa shape index (κ3) is 1.72. The fourth-order valence-corrected chi connectivity index (χ4v) is 4.73. The second kappa shape index (κ2) is 3.98. The average molecular weight is 270 g/mol. The summed E-state index contributed by atoms with van der Waals surface area (Å²) in [6.45, 7) is 11.3. The maximum Gasteiger partial charge on any atom is 0.108 e. The van der Waals surface area contributed by atoms with Gasteiger partial charge in [-0.2, -0.15) is 0 Å². The lowest BCUT2D eigenvalue weighted by atomic mass is 9.41. The fourth-order valence-electron chi connectivity index (χ4n) is 4.73. The van der Waals surface area contributed by atoms with E-state index >= 15 is 0 Å². The van der Waals surface area contributed by atoms with Crippen LogP contribution in [0.2, 0.25) is 0 Å². The van der Waals surface area contributed by atoms with Crippen LogP contribution < -0.4 is 0 Å². The van der Waals surface area contributed by atoms with Gasteiger partial charge in [-0.15, -0.1) is 0 Å². The quantitative estimate of drug-likeness (QED) is 0.783. The van der Waals surface area contributed by atoms with E-state index in [9.17, 15) is 5.11 Å². The molecule has 1 nitrogen and oxygen atoms in total. The number of hydrogen-bond acceptors (Lipinski definition) is 1. The molecule has 0 heterocycles. The SMILES string of the molecule is CC(O)(C1=CC(C)(C)[C@@H]2C[C@H]1C2(C)C)c1ccccc1. The molecule has 0 radical (unpaired) electrons. The Balaban J connectivity index is 2.08. The van der Waals surface area contributed by atoms with E-state index in [0.717, 1.165) is 11.5 Å². The highest BCUT2D eigenvalue weighted by Gasteiger charge is 2.60. The summed E-state index contributed by atoms with van der Waals surface area (Å²) in [5.74, 6) is 1.24. The van der Waals surface area contributed by atoms with E-state index in [1.54, 1.807) is 0 Å². The summed E-state index contributed by atoms with van der Waals surface area (Å²) < 4.78 is 0. The van der Waals surface area contributed by atoms with E-state index in [0.29, 0.717) is 11.3 Å². The van der Waals surface area contributed by atoms with Crippen LogP contribution in [0.3, 0.4) is 0 Å². The van der Waals surface area contributed by atoms with Crippen LogP contribution in [0, 0.1) is 22.7 Å². The summed E-state index contributed by atoms with van der Waals surface area (Å²) in [4.78, 5) is 0. The lowest BCUT2D eigenvalue weighted by Crippen LogP contribution is -2.57. The van der Waals surface area contributed by atoms with Crippen molar-refractivity contribution in [3.05, 3.63) is 47.5 Å². The Morgan fingerprint density at radius 1 is 1.10 bits per heavy atom. The minimum atomic E-state index is -0.855. The smallest absolute Gasteiger partial charge is 0.108 e. The maximum atomic E-state index is 11.2. The van der Waals surface area contributed by atoms with Gasteiger partial charge in [0.1, 0.15) is 5.60 Å². The Morgan fingerprint density at radius 3 is 2.20 bits per heavy atom. The van der Waals surface area contributed by atoms with E-state index in [1.165, 1.54) is 12.0 Å². The molecule has 3 aliphatic rings. The van der Waals surface area contributed by atoms with Gasteiger partial charge < -0.3 is 5.11 Å². The number of allylic oxidation sites excluding steroid dienone is 1. The molecule has 3 atom stereocenters. The first-order chi connectivity index (χ1) is 9.17. The van der Waals surface area contributed by atoms with Crippen molar-refractivity contribution in [2.24, 2.45) is 22.7 Å². The van der Waals surface area contributed by atoms with Gasteiger partial charge in [-0.05, 0) is 47.1 Å². The predicted octanol–water partition coefficient (Wildman–Crippen LogP) is 4.52. The van der Waals surface area contributed by atoms with E-state index in [-0.39, 0.29) is 5.41 Å². The Hall–Kier alpha value is -1.08. The van der Waals surface area contributed by atoms with Gasteiger partial charge >= 0.3 is 0 Å². The monoisotopic (exact) mass is 270 g/mol. The molecular weight excluding hydrogens is 244 g/mol. The van der Waals surface area contributed by atoms with Crippen molar-refractivity contribution >= 4 is 0 Å². The summed E-state index contributed by atoms with van der Waals surface area (Å²) in [6.07, 6.45) is 3.57. The van der Waals surface area contributed by atoms with Crippen LogP contribution in [0.4, 0.5) is 0 Å². The summed E-state index contributed by atoms with van der Waals surface area (Å²) in [6, 6.07) is 10.1. The van der Waals surface area contributed by atoms with Gasteiger partial charge in [-0.25, -0.2) is 0 Å². The van der Waals surface area contributed by atoms with Crippen molar-refractivity contribution in [2.75, 3.05) is 0 Å². The first kappa shape index (κ1) is 13.9. The Bertz CT molecular complexity index is 548. The lowest BCUT2D eigenvalue weighted by Gasteiger charge is -2.64. The molecule has 3 aliphatic carbocycles. The molecule has 1 saturated carbocycles. The minimum absolute atomic E-state index is 0.173. The molecule has 2 bridgehead atoms. The molecule has 108 valence electrons. The van der Waals surface area contributed by atoms with E-state index in [4.69, 9.17) is 0 Å². The van der Waals surface area contributed by atoms with Crippen molar-refractivity contribution in [1.29, 1.82) is 0 Å². The highest BCUT2D eigenvalue weighted by molar-refractivity contribution is 5.40. The van der Waals surface area contributed by atoms with E-state index in [1.807, 2.05) is 37.3 Å². The first-order valence-electron chi connectivity index (χ1n) is 7.68. The van der Waals surface area contributed by atoms with Gasteiger partial charge in [0.05, 0.1) is 0 Å². The van der Waals surface area contributed by atoms with Crippen LogP contribution in [0.25, 0.3) is 0 Å². The van der Waals surface area contributed by atoms with Crippen LogP contribution in [0.5, 0.6) is 0 Å². The molecule has 4 rings (SSSR count). The van der Waals surface area contributed by atoms with Crippen LogP contribution >= 0.6 is 0 Å². The maximum absolute atomic E-state index is 11.2. The summed E-state index contributed by atoms with van der Waals surface area (Å²) in [5, 5.41) is 11.2. The van der Waals surface area contributed by atoms with Crippen LogP contribution in [0.15, 0.2) is 42.0 Å². The molecule has 0 saturated heterocycles. The minimum Gasteiger partial charge on any atom is -0.381 e. The zero-order valence-electron chi connectivity index (χ0n) is 13.3. The van der Waals surface area contributed by atoms with E-state index < -0.39 is 5.60 Å². The topological polar surface area (TPSA) is 20.2 Å². The molecular formula is C19H26O. The number of fused-ring (bicyclic) bond motifs is 1. The van der Waals surface area contributed by atoms with E-state index in [2.05, 4.69) is 33.8 Å². The first-order valence-corrected chi connectivity index (χ1v) is 7.68. The molecule has 1 unspecified atom stereocenters. The van der Waals surface area contributed by atoms with Crippen molar-refractivity contribution in [2.45, 2.75) is 46.6 Å². The Kier molecular flexibility index (Phi) is 2.76. The van der Waals surface area contributed by atoms with Gasteiger partial charge in [0, 0.05) is 0 Å². The highest BCUT2D eigenvalue weighted by Crippen LogP contribution is 2.67. The normalized spacial score (nSPS) is 32.8. The largest absolute Gasteiger partial charge is 0.381 e. The fraction of sp³-hybridized carbons (Fsp3) is 0.579. The summed E-state index contributed by atoms with van der Waals surface area (Å²) in [7, 11) is 0. The van der Waals surface area contributed by atoms with Crippen LogP contribution in [0.1, 0.15) is 46.6 Å². The summed E-state index contributed by atoms with van der Waals surface area (Å²) >= 11 is 0. The van der Waals surface area contributed by atoms with Gasteiger partial charge in [0.25, 0.3) is 0 Å². The second-order valence-electron chi connectivity index (χ2n) is 8.02. The molecule has 1 aromatic rings. The molecule has 1 fully saturated rings. The Morgan fingerprint density at radius 2 is 1.70 bits per heavy atom. The third-order valence-corrected chi connectivity index (χ3v) is 5.97. The van der Waals surface area contributed by atoms with Crippen molar-refractivity contribution in [3.8, 4) is 0 Å². The third-order valence-electron chi connectivity index (χ3n) is 5.97. The molecule has 0 aromatic heterocycles. The molecule has 0 spiro atoms. The second-order valence-corrected chi connectivity index (χ2v) is 8.02. The Labute approximate surface area is 122 Å². The highest BCUT2D eigenvalue weighted by atomic mass is 16.3. The van der Waals surface area contributed by atoms with Crippen molar-refractivity contribution < 1.29 is 5.11 Å². The van der Waals surface area contributed by atoms with Gasteiger partial charge in [-0.1, -0.05) is 64.1 Å². The van der Waals surface area contributed by atoms with Crippen molar-refractivity contribution in [3.63, 3.8) is 0 Å². The van der Waals surface area contributed by atoms with Crippen LogP contribution in [-0.2, 0) is 5.60 Å². The standard InChI is InChI=1S/C19H26O/c1-17(2)12-15(14-11-16(17)18(14,3)4)19(5,20)13-9-7-6-8-10-13/h6-10,12,14,16,20H,11H2,1-5H3/t14-,16+,19?/m1/s1. The molecule has 1 N–H and O–H groups in total. The molecule has 1 aromatic carbocycles. The molecule has 0 amide bonds. The molecule has 20 heavy (non-hydrogen) atoms. The number of hydrogen-bond donors (Lipinski definition) is 1.